The monoisotopic (exact) mass is 289 g/mol. The topological polar surface area (TPSA) is 67.6 Å². The van der Waals surface area contributed by atoms with E-state index in [1.54, 1.807) is 0 Å². The van der Waals surface area contributed by atoms with Crippen LogP contribution < -0.4 is 11.1 Å². The summed E-state index contributed by atoms with van der Waals surface area (Å²) >= 11 is 6.42. The minimum atomic E-state index is -0.486. The summed E-state index contributed by atoms with van der Waals surface area (Å²) < 4.78 is 7.11. The van der Waals surface area contributed by atoms with Crippen molar-refractivity contribution >= 4 is 35.2 Å². The lowest BCUT2D eigenvalue weighted by molar-refractivity contribution is 0.0513. The van der Waals surface area contributed by atoms with Crippen LogP contribution in [0.25, 0.3) is 0 Å². The molecule has 0 unspecified atom stereocenters. The number of hydrogen-bond acceptors (Lipinski definition) is 5. The molecule has 0 aromatic rings. The van der Waals surface area contributed by atoms with Crippen LogP contribution in [0.3, 0.4) is 0 Å². The molecule has 7 heteroatoms. The first-order chi connectivity index (χ1) is 8.19. The van der Waals surface area contributed by atoms with Gasteiger partial charge in [0.1, 0.15) is 10.6 Å². The Kier molecular flexibility index (Phi) is 5.01. The molecule has 0 saturated heterocycles. The van der Waals surface area contributed by atoms with Crippen molar-refractivity contribution in [2.45, 2.75) is 33.3 Å². The lowest BCUT2D eigenvalue weighted by Gasteiger charge is -2.21. The van der Waals surface area contributed by atoms with Crippen molar-refractivity contribution in [2.75, 3.05) is 13.2 Å². The predicted molar refractivity (Wildman–Crippen MR) is 78.0 cm³/mol. The van der Waals surface area contributed by atoms with Gasteiger partial charge in [-0.15, -0.1) is 0 Å². The van der Waals surface area contributed by atoms with Gasteiger partial charge in [0.25, 0.3) is 0 Å². The van der Waals surface area contributed by atoms with E-state index in [9.17, 15) is 4.79 Å². The molecule has 1 aliphatic rings. The second-order valence-corrected chi connectivity index (χ2v) is 6.59. The van der Waals surface area contributed by atoms with Gasteiger partial charge < -0.3 is 15.8 Å². The number of nitrogens with zero attached hydrogens (tertiary/aromatic N) is 1. The molecule has 0 spiro atoms. The van der Waals surface area contributed by atoms with E-state index in [0.29, 0.717) is 11.7 Å². The van der Waals surface area contributed by atoms with Crippen molar-refractivity contribution in [1.82, 2.24) is 9.62 Å². The van der Waals surface area contributed by atoms with Gasteiger partial charge in [-0.3, -0.25) is 0 Å². The van der Waals surface area contributed by atoms with Crippen molar-refractivity contribution < 1.29 is 9.53 Å². The molecule has 18 heavy (non-hydrogen) atoms. The Morgan fingerprint density at radius 3 is 2.67 bits per heavy atom. The average molecular weight is 289 g/mol. The summed E-state index contributed by atoms with van der Waals surface area (Å²) in [6, 6.07) is 0. The molecule has 5 nitrogen and oxygen atoms in total. The molecule has 0 aliphatic carbocycles. The fourth-order valence-corrected chi connectivity index (χ4v) is 2.63. The van der Waals surface area contributed by atoms with E-state index in [4.69, 9.17) is 22.7 Å². The maximum absolute atomic E-state index is 11.5. The third-order valence-corrected chi connectivity index (χ3v) is 3.64. The molecule has 1 heterocycles. The number of nitrogens with one attached hydrogen (secondary N) is 1. The van der Waals surface area contributed by atoms with Gasteiger partial charge in [-0.25, -0.2) is 9.10 Å². The van der Waals surface area contributed by atoms with Crippen molar-refractivity contribution in [3.8, 4) is 0 Å². The molecule has 0 atom stereocenters. The van der Waals surface area contributed by atoms with Crippen molar-refractivity contribution in [3.05, 3.63) is 10.5 Å². The molecular formula is C11H19N3O2S2. The van der Waals surface area contributed by atoms with E-state index >= 15 is 0 Å². The summed E-state index contributed by atoms with van der Waals surface area (Å²) in [4.78, 5) is 12.8. The molecule has 0 aromatic heterocycles. The smallest absolute Gasteiger partial charge is 0.408 e. The van der Waals surface area contributed by atoms with Gasteiger partial charge in [0.2, 0.25) is 0 Å². The van der Waals surface area contributed by atoms with Crippen LogP contribution >= 0.6 is 24.2 Å². The van der Waals surface area contributed by atoms with E-state index in [-0.39, 0.29) is 0 Å². The maximum atomic E-state index is 11.5. The van der Waals surface area contributed by atoms with E-state index < -0.39 is 11.7 Å². The fraction of sp³-hybridized carbons (Fsp3) is 0.636. The van der Waals surface area contributed by atoms with Gasteiger partial charge in [-0.05, 0) is 45.2 Å². The van der Waals surface area contributed by atoms with Crippen LogP contribution in [0.4, 0.5) is 4.79 Å². The summed E-state index contributed by atoms with van der Waals surface area (Å²) in [5.74, 6) is 0. The summed E-state index contributed by atoms with van der Waals surface area (Å²) in [6.45, 7) is 8.58. The van der Waals surface area contributed by atoms with Crippen LogP contribution in [-0.2, 0) is 4.74 Å². The quantitative estimate of drug-likeness (QED) is 0.612. The number of rotatable bonds is 3. The molecule has 0 radical (unpaired) electrons. The third-order valence-electron chi connectivity index (χ3n) is 2.04. The number of ether oxygens (including phenoxy) is 1. The number of amides is 1. The number of carbonyl (C=O) groups is 1. The zero-order valence-corrected chi connectivity index (χ0v) is 12.7. The van der Waals surface area contributed by atoms with Crippen molar-refractivity contribution in [2.24, 2.45) is 5.73 Å². The van der Waals surface area contributed by atoms with Gasteiger partial charge in [0, 0.05) is 6.54 Å². The minimum absolute atomic E-state index is 0.392. The summed E-state index contributed by atoms with van der Waals surface area (Å²) in [5.41, 5.74) is 6.24. The van der Waals surface area contributed by atoms with Crippen LogP contribution in [0, 0.1) is 0 Å². The molecule has 3 N–H and O–H groups in total. The van der Waals surface area contributed by atoms with Crippen LogP contribution in [-0.4, -0.2) is 34.2 Å². The normalized spacial score (nSPS) is 16.9. The Morgan fingerprint density at radius 1 is 1.61 bits per heavy atom. The summed E-state index contributed by atoms with van der Waals surface area (Å²) in [6.07, 6.45) is -0.426. The molecule has 0 fully saturated rings. The largest absolute Gasteiger partial charge is 0.444 e. The number of nitrogens with two attached hydrogens (primary N) is 1. The van der Waals surface area contributed by atoms with Crippen LogP contribution in [0.1, 0.15) is 27.7 Å². The third kappa shape index (κ3) is 4.83. The van der Waals surface area contributed by atoms with E-state index in [1.165, 1.54) is 11.9 Å². The zero-order valence-electron chi connectivity index (χ0n) is 11.1. The highest BCUT2D eigenvalue weighted by Gasteiger charge is 2.23. The molecule has 0 aromatic carbocycles. The van der Waals surface area contributed by atoms with Gasteiger partial charge in [0.05, 0.1) is 11.6 Å². The van der Waals surface area contributed by atoms with E-state index in [1.807, 2.05) is 32.0 Å². The van der Waals surface area contributed by atoms with Crippen molar-refractivity contribution in [1.29, 1.82) is 0 Å². The maximum Gasteiger partial charge on any atom is 0.408 e. The summed E-state index contributed by atoms with van der Waals surface area (Å²) in [7, 11) is 0. The standard InChI is InChI=1S/C11H19N3O2S2/c1-7-5-14(18-8(7)9(12)17)6-13-10(15)16-11(2,3)4/h5-6H2,1-4H3,(H2,12,17)(H,13,15). The second kappa shape index (κ2) is 5.90. The lowest BCUT2D eigenvalue weighted by atomic mass is 10.2. The first kappa shape index (κ1) is 15.3. The van der Waals surface area contributed by atoms with E-state index in [0.717, 1.165) is 17.0 Å². The van der Waals surface area contributed by atoms with Crippen molar-refractivity contribution in [3.63, 3.8) is 0 Å². The molecule has 0 bridgehead atoms. The van der Waals surface area contributed by atoms with Crippen LogP contribution in [0.5, 0.6) is 0 Å². The number of hydrogen-bond donors (Lipinski definition) is 2. The lowest BCUT2D eigenvalue weighted by Crippen LogP contribution is -2.37. The number of carbonyl (C=O) groups excluding carboxylic acids is 1. The van der Waals surface area contributed by atoms with Gasteiger partial charge in [-0.1, -0.05) is 12.2 Å². The van der Waals surface area contributed by atoms with Crippen LogP contribution in [0.15, 0.2) is 10.5 Å². The Morgan fingerprint density at radius 2 is 2.22 bits per heavy atom. The Labute approximate surface area is 117 Å². The van der Waals surface area contributed by atoms with E-state index in [2.05, 4.69) is 5.32 Å². The molecule has 102 valence electrons. The first-order valence-electron chi connectivity index (χ1n) is 5.58. The second-order valence-electron chi connectivity index (χ2n) is 5.04. The fourth-order valence-electron chi connectivity index (χ4n) is 1.39. The summed E-state index contributed by atoms with van der Waals surface area (Å²) in [5, 5.41) is 2.69. The molecule has 1 rings (SSSR count). The predicted octanol–water partition coefficient (Wildman–Crippen LogP) is 1.99. The average Bonchev–Trinajstić information content (AvgIpc) is 2.54. The highest BCUT2D eigenvalue weighted by atomic mass is 32.2. The highest BCUT2D eigenvalue weighted by Crippen LogP contribution is 2.31. The number of alkyl carbamates (subject to hydrolysis) is 1. The SMILES string of the molecule is CC1=C(C(N)=S)SN(CNC(=O)OC(C)(C)C)C1. The Bertz CT molecular complexity index is 388. The molecular weight excluding hydrogens is 270 g/mol. The first-order valence-corrected chi connectivity index (χ1v) is 6.76. The van der Waals surface area contributed by atoms with Crippen LogP contribution in [0.2, 0.25) is 0 Å². The minimum Gasteiger partial charge on any atom is -0.444 e. The Balaban J connectivity index is 2.36. The molecule has 1 amide bonds. The molecule has 0 saturated carbocycles. The number of thiocarbonyl (C=S) groups is 1. The van der Waals surface area contributed by atoms with Gasteiger partial charge in [0.15, 0.2) is 0 Å². The zero-order chi connectivity index (χ0) is 13.9. The Hall–Kier alpha value is -0.790. The van der Waals surface area contributed by atoms with Gasteiger partial charge in [-0.2, -0.15) is 0 Å². The highest BCUT2D eigenvalue weighted by molar-refractivity contribution is 8.03. The molecule has 1 aliphatic heterocycles. The van der Waals surface area contributed by atoms with Gasteiger partial charge >= 0.3 is 6.09 Å².